The van der Waals surface area contributed by atoms with E-state index in [0.29, 0.717) is 17.2 Å². The van der Waals surface area contributed by atoms with E-state index in [1.54, 1.807) is 24.3 Å². The van der Waals surface area contributed by atoms with Gasteiger partial charge in [0.05, 0.1) is 12.1 Å². The highest BCUT2D eigenvalue weighted by atomic mass is 32.1. The lowest BCUT2D eigenvalue weighted by atomic mass is 9.95. The highest BCUT2D eigenvalue weighted by Gasteiger charge is 2.29. The van der Waals surface area contributed by atoms with E-state index in [4.69, 9.17) is 18.0 Å². The van der Waals surface area contributed by atoms with E-state index < -0.39 is 5.60 Å². The summed E-state index contributed by atoms with van der Waals surface area (Å²) >= 11 is 4.88. The molecule has 0 aromatic heterocycles. The van der Waals surface area contributed by atoms with E-state index in [0.717, 1.165) is 24.9 Å². The summed E-state index contributed by atoms with van der Waals surface area (Å²) in [6, 6.07) is 7.12. The third kappa shape index (κ3) is 4.77. The number of amides is 1. The Bertz CT molecular complexity index is 528. The van der Waals surface area contributed by atoms with Crippen molar-refractivity contribution in [3.63, 3.8) is 0 Å². The standard InChI is InChI=1S/C15H21N3O2S/c1-15(20)7-2-8-18(10-15)9-13(19)17-12-5-3-11(4-6-12)14(16)21/h3-6,20H,2,7-10H2,1H3,(H2,16,21)(H,17,19). The summed E-state index contributed by atoms with van der Waals surface area (Å²) in [6.07, 6.45) is 1.69. The number of nitrogens with two attached hydrogens (primary N) is 1. The van der Waals surface area contributed by atoms with Gasteiger partial charge in [0.2, 0.25) is 5.91 Å². The molecule has 1 aliphatic rings. The summed E-state index contributed by atoms with van der Waals surface area (Å²) in [5.41, 5.74) is 6.32. The predicted molar refractivity (Wildman–Crippen MR) is 87.3 cm³/mol. The Morgan fingerprint density at radius 3 is 2.71 bits per heavy atom. The molecule has 4 N–H and O–H groups in total. The monoisotopic (exact) mass is 307 g/mol. The number of hydrogen-bond acceptors (Lipinski definition) is 4. The minimum atomic E-state index is -0.697. The Hall–Kier alpha value is -1.50. The van der Waals surface area contributed by atoms with Crippen molar-refractivity contribution < 1.29 is 9.90 Å². The smallest absolute Gasteiger partial charge is 0.238 e. The number of carbonyl (C=O) groups is 1. The molecule has 0 aliphatic carbocycles. The second-order valence-electron chi connectivity index (χ2n) is 5.80. The van der Waals surface area contributed by atoms with Crippen LogP contribution in [-0.2, 0) is 4.79 Å². The predicted octanol–water partition coefficient (Wildman–Crippen LogP) is 1.11. The molecule has 1 aromatic carbocycles. The molecular weight excluding hydrogens is 286 g/mol. The van der Waals surface area contributed by atoms with E-state index in [9.17, 15) is 9.90 Å². The Morgan fingerprint density at radius 2 is 2.14 bits per heavy atom. The maximum Gasteiger partial charge on any atom is 0.238 e. The van der Waals surface area contributed by atoms with Gasteiger partial charge in [-0.1, -0.05) is 12.2 Å². The van der Waals surface area contributed by atoms with Gasteiger partial charge >= 0.3 is 0 Å². The van der Waals surface area contributed by atoms with Crippen LogP contribution in [0.2, 0.25) is 0 Å². The van der Waals surface area contributed by atoms with Crippen LogP contribution in [0, 0.1) is 0 Å². The van der Waals surface area contributed by atoms with Gasteiger partial charge in [0.1, 0.15) is 4.99 Å². The first-order valence-electron chi connectivity index (χ1n) is 7.00. The van der Waals surface area contributed by atoms with Crippen molar-refractivity contribution in [1.82, 2.24) is 4.90 Å². The Morgan fingerprint density at radius 1 is 1.48 bits per heavy atom. The van der Waals surface area contributed by atoms with Crippen LogP contribution in [0.25, 0.3) is 0 Å². The molecule has 6 heteroatoms. The van der Waals surface area contributed by atoms with Gasteiger partial charge in [0.15, 0.2) is 0 Å². The fraction of sp³-hybridized carbons (Fsp3) is 0.467. The van der Waals surface area contributed by atoms with Gasteiger partial charge in [0, 0.05) is 17.8 Å². The lowest BCUT2D eigenvalue weighted by molar-refractivity contribution is -0.118. The zero-order valence-electron chi connectivity index (χ0n) is 12.1. The van der Waals surface area contributed by atoms with E-state index >= 15 is 0 Å². The van der Waals surface area contributed by atoms with Gasteiger partial charge in [0.25, 0.3) is 0 Å². The van der Waals surface area contributed by atoms with Gasteiger partial charge in [-0.25, -0.2) is 0 Å². The van der Waals surface area contributed by atoms with Crippen molar-refractivity contribution in [2.45, 2.75) is 25.4 Å². The van der Waals surface area contributed by atoms with E-state index in [-0.39, 0.29) is 12.5 Å². The molecule has 21 heavy (non-hydrogen) atoms. The molecular formula is C15H21N3O2S. The quantitative estimate of drug-likeness (QED) is 0.726. The van der Waals surface area contributed by atoms with Crippen molar-refractivity contribution in [3.05, 3.63) is 29.8 Å². The first kappa shape index (κ1) is 15.9. The molecule has 1 fully saturated rings. The molecule has 1 amide bonds. The van der Waals surface area contributed by atoms with Crippen molar-refractivity contribution in [3.8, 4) is 0 Å². The number of nitrogens with one attached hydrogen (secondary N) is 1. The summed E-state index contributed by atoms with van der Waals surface area (Å²) in [6.45, 7) is 3.46. The Kier molecular flexibility index (Phi) is 4.92. The number of thiocarbonyl (C=S) groups is 1. The summed E-state index contributed by atoms with van der Waals surface area (Å²) in [5, 5.41) is 12.9. The molecule has 2 rings (SSSR count). The van der Waals surface area contributed by atoms with Gasteiger partial charge in [-0.05, 0) is 50.6 Å². The summed E-state index contributed by atoms with van der Waals surface area (Å²) in [5.74, 6) is -0.0872. The number of hydrogen-bond donors (Lipinski definition) is 3. The van der Waals surface area contributed by atoms with Gasteiger partial charge in [-0.15, -0.1) is 0 Å². The zero-order chi connectivity index (χ0) is 15.5. The molecule has 0 bridgehead atoms. The minimum Gasteiger partial charge on any atom is -0.389 e. The fourth-order valence-corrected chi connectivity index (χ4v) is 2.72. The van der Waals surface area contributed by atoms with Gasteiger partial charge in [-0.3, -0.25) is 9.69 Å². The summed E-state index contributed by atoms with van der Waals surface area (Å²) in [7, 11) is 0. The second kappa shape index (κ2) is 6.51. The first-order valence-corrected chi connectivity index (χ1v) is 7.41. The highest BCUT2D eigenvalue weighted by molar-refractivity contribution is 7.80. The highest BCUT2D eigenvalue weighted by Crippen LogP contribution is 2.20. The SMILES string of the molecule is CC1(O)CCCN(CC(=O)Nc2ccc(C(N)=S)cc2)C1. The molecule has 1 unspecified atom stereocenters. The third-order valence-electron chi connectivity index (χ3n) is 3.57. The molecule has 1 heterocycles. The average molecular weight is 307 g/mol. The largest absolute Gasteiger partial charge is 0.389 e. The van der Waals surface area contributed by atoms with E-state index in [1.807, 2.05) is 11.8 Å². The molecule has 1 atom stereocenters. The van der Waals surface area contributed by atoms with E-state index in [2.05, 4.69) is 5.32 Å². The number of likely N-dealkylation sites (tertiary alicyclic amines) is 1. The number of carbonyl (C=O) groups excluding carboxylic acids is 1. The van der Waals surface area contributed by atoms with Crippen LogP contribution < -0.4 is 11.1 Å². The number of piperidine rings is 1. The van der Waals surface area contributed by atoms with E-state index in [1.165, 1.54) is 0 Å². The van der Waals surface area contributed by atoms with Crippen LogP contribution in [-0.4, -0.2) is 46.1 Å². The number of β-amino-alcohol motifs (C(OH)–C–C–N with tert-alkyl or cyclic N) is 1. The third-order valence-corrected chi connectivity index (χ3v) is 3.81. The lowest BCUT2D eigenvalue weighted by Crippen LogP contribution is -2.48. The van der Waals surface area contributed by atoms with Gasteiger partial charge < -0.3 is 16.2 Å². The number of anilines is 1. The van der Waals surface area contributed by atoms with Crippen LogP contribution in [0.15, 0.2) is 24.3 Å². The average Bonchev–Trinajstić information content (AvgIpc) is 2.37. The normalized spacial score (nSPS) is 22.8. The van der Waals surface area contributed by atoms with Gasteiger partial charge in [-0.2, -0.15) is 0 Å². The second-order valence-corrected chi connectivity index (χ2v) is 6.24. The molecule has 1 saturated heterocycles. The molecule has 0 spiro atoms. The number of nitrogens with zero attached hydrogens (tertiary/aromatic N) is 1. The molecule has 1 aliphatic heterocycles. The molecule has 114 valence electrons. The van der Waals surface area contributed by atoms with Crippen molar-refractivity contribution in [2.75, 3.05) is 25.0 Å². The Labute approximate surface area is 130 Å². The summed E-state index contributed by atoms with van der Waals surface area (Å²) < 4.78 is 0. The van der Waals surface area contributed by atoms with Crippen LogP contribution in [0.4, 0.5) is 5.69 Å². The number of benzene rings is 1. The topological polar surface area (TPSA) is 78.6 Å². The fourth-order valence-electron chi connectivity index (χ4n) is 2.58. The molecule has 1 aromatic rings. The maximum atomic E-state index is 12.0. The molecule has 0 radical (unpaired) electrons. The first-order chi connectivity index (χ1) is 9.85. The van der Waals surface area contributed by atoms with Crippen LogP contribution in [0.5, 0.6) is 0 Å². The van der Waals surface area contributed by atoms with Crippen molar-refractivity contribution in [1.29, 1.82) is 0 Å². The number of aliphatic hydroxyl groups is 1. The molecule has 5 nitrogen and oxygen atoms in total. The zero-order valence-corrected chi connectivity index (χ0v) is 12.9. The lowest BCUT2D eigenvalue weighted by Gasteiger charge is -2.36. The van der Waals surface area contributed by atoms with Crippen LogP contribution in [0.1, 0.15) is 25.3 Å². The minimum absolute atomic E-state index is 0.0872. The Balaban J connectivity index is 1.88. The van der Waals surface area contributed by atoms with Crippen molar-refractivity contribution >= 4 is 28.8 Å². The van der Waals surface area contributed by atoms with Crippen LogP contribution in [0.3, 0.4) is 0 Å². The number of rotatable bonds is 4. The maximum absolute atomic E-state index is 12.0. The van der Waals surface area contributed by atoms with Crippen LogP contribution >= 0.6 is 12.2 Å². The van der Waals surface area contributed by atoms with Crippen molar-refractivity contribution in [2.24, 2.45) is 5.73 Å². The molecule has 0 saturated carbocycles. The summed E-state index contributed by atoms with van der Waals surface area (Å²) in [4.78, 5) is 14.3.